The van der Waals surface area contributed by atoms with E-state index < -0.39 is 17.7 Å². The largest absolute Gasteiger partial charge is 0.444 e. The van der Waals surface area contributed by atoms with Gasteiger partial charge in [0.15, 0.2) is 0 Å². The second kappa shape index (κ2) is 6.99. The molecule has 1 aliphatic heterocycles. The van der Waals surface area contributed by atoms with Gasteiger partial charge in [0, 0.05) is 18.6 Å². The van der Waals surface area contributed by atoms with Crippen molar-refractivity contribution in [2.75, 3.05) is 20.7 Å². The van der Waals surface area contributed by atoms with Crippen LogP contribution >= 0.6 is 11.6 Å². The molecule has 24 heavy (non-hydrogen) atoms. The molecule has 0 saturated carbocycles. The topological polar surface area (TPSA) is 59.1 Å². The van der Waals surface area contributed by atoms with Crippen LogP contribution in [-0.4, -0.2) is 48.3 Å². The molecule has 1 aromatic carbocycles. The Labute approximate surface area is 147 Å². The van der Waals surface area contributed by atoms with Crippen molar-refractivity contribution in [1.29, 1.82) is 0 Å². The number of hydroxylamine groups is 2. The minimum atomic E-state index is -0.800. The minimum absolute atomic E-state index is 0.341. The molecule has 1 unspecified atom stereocenters. The maximum Gasteiger partial charge on any atom is 0.411 e. The highest BCUT2D eigenvalue weighted by Crippen LogP contribution is 2.33. The molecule has 0 saturated heterocycles. The van der Waals surface area contributed by atoms with Gasteiger partial charge in [-0.05, 0) is 50.5 Å². The summed E-state index contributed by atoms with van der Waals surface area (Å²) in [5.41, 5.74) is 1.05. The van der Waals surface area contributed by atoms with Crippen LogP contribution in [0.3, 0.4) is 0 Å². The molecule has 2 rings (SSSR count). The lowest BCUT2D eigenvalue weighted by molar-refractivity contribution is -0.175. The molecule has 0 bridgehead atoms. The van der Waals surface area contributed by atoms with Gasteiger partial charge in [-0.3, -0.25) is 14.5 Å². The lowest BCUT2D eigenvalue weighted by atomic mass is 9.92. The van der Waals surface area contributed by atoms with Crippen molar-refractivity contribution in [2.24, 2.45) is 0 Å². The van der Waals surface area contributed by atoms with Crippen molar-refractivity contribution >= 4 is 23.6 Å². The summed E-state index contributed by atoms with van der Waals surface area (Å²) in [6.07, 6.45) is 0.0845. The third kappa shape index (κ3) is 3.99. The minimum Gasteiger partial charge on any atom is -0.444 e. The molecule has 2 amide bonds. The van der Waals surface area contributed by atoms with Crippen LogP contribution in [0.4, 0.5) is 4.79 Å². The average molecular weight is 355 g/mol. The highest BCUT2D eigenvalue weighted by atomic mass is 35.5. The Hall–Kier alpha value is -1.79. The fourth-order valence-electron chi connectivity index (χ4n) is 2.64. The number of hydrogen-bond donors (Lipinski definition) is 0. The van der Waals surface area contributed by atoms with Crippen molar-refractivity contribution < 1.29 is 19.2 Å². The molecule has 0 fully saturated rings. The third-order valence-corrected chi connectivity index (χ3v) is 4.01. The van der Waals surface area contributed by atoms with Gasteiger partial charge < -0.3 is 4.74 Å². The zero-order valence-electron chi connectivity index (χ0n) is 14.6. The molecular formula is C17H23ClN2O4. The molecule has 0 aromatic heterocycles. The van der Waals surface area contributed by atoms with Gasteiger partial charge in [0.2, 0.25) is 0 Å². The number of hydrogen-bond acceptors (Lipinski definition) is 4. The van der Waals surface area contributed by atoms with E-state index in [1.54, 1.807) is 32.9 Å². The summed E-state index contributed by atoms with van der Waals surface area (Å²) in [4.78, 5) is 31.8. The fourth-order valence-corrected chi connectivity index (χ4v) is 2.84. The zero-order chi connectivity index (χ0) is 18.1. The molecule has 0 aliphatic carbocycles. The third-order valence-electron chi connectivity index (χ3n) is 3.78. The van der Waals surface area contributed by atoms with Gasteiger partial charge in [-0.2, -0.15) is 0 Å². The Bertz CT molecular complexity index is 642. The summed E-state index contributed by atoms with van der Waals surface area (Å²) in [5, 5.41) is 1.72. The standard InChI is InChI=1S/C17H23ClN2O4/c1-17(2,3)24-16(22)20-9-8-11-10-12(18)6-7-13(11)14(20)15(21)19(4)23-5/h6-7,10,14H,8-9H2,1-5H3. The molecule has 132 valence electrons. The first kappa shape index (κ1) is 18.5. The first-order valence-electron chi connectivity index (χ1n) is 7.73. The van der Waals surface area contributed by atoms with E-state index in [1.165, 1.54) is 19.1 Å². The number of halogens is 1. The van der Waals surface area contributed by atoms with Gasteiger partial charge in [-0.25, -0.2) is 9.86 Å². The van der Waals surface area contributed by atoms with Gasteiger partial charge in [0.1, 0.15) is 11.6 Å². The normalized spacial score (nSPS) is 17.2. The Kier molecular flexibility index (Phi) is 5.40. The average Bonchev–Trinajstić information content (AvgIpc) is 2.50. The van der Waals surface area contributed by atoms with Gasteiger partial charge in [0.25, 0.3) is 5.91 Å². The molecule has 1 aromatic rings. The van der Waals surface area contributed by atoms with E-state index in [-0.39, 0.29) is 5.91 Å². The quantitative estimate of drug-likeness (QED) is 0.765. The number of fused-ring (bicyclic) bond motifs is 1. The molecule has 1 atom stereocenters. The predicted octanol–water partition coefficient (Wildman–Crippen LogP) is 3.19. The number of nitrogens with zero attached hydrogens (tertiary/aromatic N) is 2. The number of carbonyl (C=O) groups excluding carboxylic acids is 2. The van der Waals surface area contributed by atoms with E-state index in [1.807, 2.05) is 6.07 Å². The smallest absolute Gasteiger partial charge is 0.411 e. The highest BCUT2D eigenvalue weighted by molar-refractivity contribution is 6.30. The summed E-state index contributed by atoms with van der Waals surface area (Å²) in [7, 11) is 2.92. The zero-order valence-corrected chi connectivity index (χ0v) is 15.4. The van der Waals surface area contributed by atoms with Crippen molar-refractivity contribution in [3.05, 3.63) is 34.3 Å². The molecule has 6 nitrogen and oxygen atoms in total. The van der Waals surface area contributed by atoms with Crippen LogP contribution in [0.1, 0.15) is 37.9 Å². The second-order valence-corrected chi connectivity index (χ2v) is 7.12. The Balaban J connectivity index is 2.42. The van der Waals surface area contributed by atoms with Gasteiger partial charge in [-0.15, -0.1) is 0 Å². The van der Waals surface area contributed by atoms with E-state index in [0.717, 1.165) is 16.2 Å². The van der Waals surface area contributed by atoms with Gasteiger partial charge in [0.05, 0.1) is 7.11 Å². The molecule has 1 heterocycles. The second-order valence-electron chi connectivity index (χ2n) is 6.69. The van der Waals surface area contributed by atoms with Crippen LogP contribution in [0.5, 0.6) is 0 Å². The Morgan fingerprint density at radius 3 is 2.58 bits per heavy atom. The molecule has 7 heteroatoms. The number of likely N-dealkylation sites (N-methyl/N-ethyl adjacent to an activating group) is 1. The van der Waals surface area contributed by atoms with E-state index in [0.29, 0.717) is 18.0 Å². The molecule has 1 aliphatic rings. The lowest BCUT2D eigenvalue weighted by Crippen LogP contribution is -2.49. The summed E-state index contributed by atoms with van der Waals surface area (Å²) >= 11 is 6.05. The fraction of sp³-hybridized carbons (Fsp3) is 0.529. The number of rotatable bonds is 2. The summed E-state index contributed by atoms with van der Waals surface area (Å²) in [6.45, 7) is 5.75. The molecular weight excluding hydrogens is 332 g/mol. The van der Waals surface area contributed by atoms with Crippen molar-refractivity contribution in [3.8, 4) is 0 Å². The van der Waals surface area contributed by atoms with Crippen LogP contribution < -0.4 is 0 Å². The number of amides is 2. The van der Waals surface area contributed by atoms with Crippen LogP contribution in [-0.2, 0) is 20.8 Å². The van der Waals surface area contributed by atoms with E-state index >= 15 is 0 Å². The van der Waals surface area contributed by atoms with Crippen LogP contribution in [0.2, 0.25) is 5.02 Å². The van der Waals surface area contributed by atoms with E-state index in [2.05, 4.69) is 0 Å². The number of ether oxygens (including phenoxy) is 1. The molecule has 0 spiro atoms. The predicted molar refractivity (Wildman–Crippen MR) is 90.6 cm³/mol. The number of carbonyl (C=O) groups is 2. The lowest BCUT2D eigenvalue weighted by Gasteiger charge is -2.38. The summed E-state index contributed by atoms with van der Waals surface area (Å²) < 4.78 is 5.46. The maximum atomic E-state index is 12.8. The van der Waals surface area contributed by atoms with Crippen LogP contribution in [0.15, 0.2) is 18.2 Å². The van der Waals surface area contributed by atoms with Crippen LogP contribution in [0.25, 0.3) is 0 Å². The Morgan fingerprint density at radius 2 is 2.00 bits per heavy atom. The highest BCUT2D eigenvalue weighted by Gasteiger charge is 2.39. The monoisotopic (exact) mass is 354 g/mol. The van der Waals surface area contributed by atoms with Crippen molar-refractivity contribution in [3.63, 3.8) is 0 Å². The van der Waals surface area contributed by atoms with Gasteiger partial charge in [-0.1, -0.05) is 17.7 Å². The Morgan fingerprint density at radius 1 is 1.33 bits per heavy atom. The molecule has 0 N–H and O–H groups in total. The SMILES string of the molecule is CON(C)C(=O)C1c2ccc(Cl)cc2CCN1C(=O)OC(C)(C)C. The van der Waals surface area contributed by atoms with Crippen molar-refractivity contribution in [2.45, 2.75) is 38.8 Å². The first-order valence-corrected chi connectivity index (χ1v) is 8.11. The number of benzene rings is 1. The van der Waals surface area contributed by atoms with Crippen LogP contribution in [0, 0.1) is 0 Å². The maximum absolute atomic E-state index is 12.8. The first-order chi connectivity index (χ1) is 11.1. The summed E-state index contributed by atoms with van der Waals surface area (Å²) in [6, 6.07) is 4.52. The molecule has 0 radical (unpaired) electrons. The summed E-state index contributed by atoms with van der Waals surface area (Å²) in [5.74, 6) is -0.341. The van der Waals surface area contributed by atoms with E-state index in [4.69, 9.17) is 21.2 Å². The van der Waals surface area contributed by atoms with Crippen molar-refractivity contribution in [1.82, 2.24) is 9.96 Å². The van der Waals surface area contributed by atoms with E-state index in [9.17, 15) is 9.59 Å². The van der Waals surface area contributed by atoms with Gasteiger partial charge >= 0.3 is 6.09 Å².